The smallest absolute Gasteiger partial charge is 0.264 e. The van der Waals surface area contributed by atoms with Crippen LogP contribution >= 0.6 is 11.3 Å². The molecule has 4 amide bonds. The van der Waals surface area contributed by atoms with Crippen molar-refractivity contribution in [2.24, 2.45) is 5.41 Å². The lowest BCUT2D eigenvalue weighted by molar-refractivity contribution is -0.142. The van der Waals surface area contributed by atoms with E-state index in [4.69, 9.17) is 9.47 Å². The number of imide groups is 1. The number of sulfone groups is 1. The van der Waals surface area contributed by atoms with E-state index in [1.165, 1.54) is 7.11 Å². The molecule has 17 heteroatoms. The Morgan fingerprint density at radius 2 is 1.61 bits per heavy atom. The zero-order valence-corrected chi connectivity index (χ0v) is 42.8. The second kappa shape index (κ2) is 24.0. The SMILES string of the molecule is CCOc1cc([C@@H](CS(C)(=O)=O)N2C(=O)c3cccc(NCCCCCCCCCCN[C@H](C(=O)N4C[C@H](O)C[C@H]4C(=O)NCc4ccc(-c5scnc5C)cc4)C(C)(C)C)c3C2=O)ccc1OC. The van der Waals surface area contributed by atoms with E-state index in [9.17, 15) is 32.7 Å². The van der Waals surface area contributed by atoms with Crippen LogP contribution in [0, 0.1) is 12.3 Å². The molecule has 69 heavy (non-hydrogen) atoms. The number of likely N-dealkylation sites (tertiary alicyclic amines) is 1. The number of amides is 4. The summed E-state index contributed by atoms with van der Waals surface area (Å²) in [6, 6.07) is 15.7. The highest BCUT2D eigenvalue weighted by Crippen LogP contribution is 2.39. The number of aliphatic hydroxyl groups is 1. The summed E-state index contributed by atoms with van der Waals surface area (Å²) in [5, 5.41) is 20.5. The van der Waals surface area contributed by atoms with Crippen LogP contribution in [0.2, 0.25) is 0 Å². The monoisotopic (exact) mass is 986 g/mol. The number of carbonyl (C=O) groups is 4. The molecule has 0 bridgehead atoms. The van der Waals surface area contributed by atoms with Gasteiger partial charge in [0.1, 0.15) is 15.9 Å². The topological polar surface area (TPSA) is 197 Å². The number of aryl methyl sites for hydroxylation is 1. The molecular weight excluding hydrogens is 917 g/mol. The van der Waals surface area contributed by atoms with Crippen LogP contribution in [0.4, 0.5) is 5.69 Å². The first-order valence-corrected chi connectivity index (χ1v) is 27.1. The number of fused-ring (bicyclic) bond motifs is 1. The summed E-state index contributed by atoms with van der Waals surface area (Å²) >= 11 is 1.59. The summed E-state index contributed by atoms with van der Waals surface area (Å²) in [6.07, 6.45) is 8.56. The van der Waals surface area contributed by atoms with Crippen LogP contribution in [0.25, 0.3) is 10.4 Å². The Hall–Kier alpha value is -5.36. The van der Waals surface area contributed by atoms with Gasteiger partial charge in [-0.25, -0.2) is 13.4 Å². The van der Waals surface area contributed by atoms with E-state index in [2.05, 4.69) is 20.9 Å². The molecule has 0 aliphatic carbocycles. The van der Waals surface area contributed by atoms with Gasteiger partial charge in [-0.1, -0.05) is 95.7 Å². The minimum atomic E-state index is -3.63. The fraction of sp³-hybridized carbons (Fsp3) is 0.519. The first-order valence-electron chi connectivity index (χ1n) is 24.1. The number of β-amino-alcohol motifs (C(OH)–C–C–N with tert-alkyl or cyclic N) is 1. The molecule has 4 atom stereocenters. The Morgan fingerprint density at radius 1 is 0.928 bits per heavy atom. The number of thiazole rings is 1. The maximum absolute atomic E-state index is 14.1. The molecule has 3 heterocycles. The predicted octanol–water partition coefficient (Wildman–Crippen LogP) is 7.72. The van der Waals surface area contributed by atoms with Gasteiger partial charge < -0.3 is 35.4 Å². The summed E-state index contributed by atoms with van der Waals surface area (Å²) in [7, 11) is -2.13. The number of benzene rings is 3. The van der Waals surface area contributed by atoms with Gasteiger partial charge in [0.05, 0.1) is 64.9 Å². The van der Waals surface area contributed by atoms with Crippen LogP contribution in [-0.2, 0) is 26.0 Å². The van der Waals surface area contributed by atoms with Gasteiger partial charge in [0.25, 0.3) is 11.8 Å². The van der Waals surface area contributed by atoms with E-state index in [0.29, 0.717) is 49.0 Å². The number of methoxy groups -OCH3 is 1. The van der Waals surface area contributed by atoms with Crippen molar-refractivity contribution in [1.29, 1.82) is 0 Å². The maximum atomic E-state index is 14.1. The summed E-state index contributed by atoms with van der Waals surface area (Å²) in [5.74, 6) is -1.14. The molecule has 4 aromatic rings. The second-order valence-electron chi connectivity index (χ2n) is 19.2. The highest BCUT2D eigenvalue weighted by Gasteiger charge is 2.45. The van der Waals surface area contributed by atoms with Gasteiger partial charge in [0.15, 0.2) is 11.5 Å². The molecule has 4 N–H and O–H groups in total. The van der Waals surface area contributed by atoms with E-state index in [-0.39, 0.29) is 35.9 Å². The molecular formula is C52H70N6O9S2. The molecule has 3 aromatic carbocycles. The second-order valence-corrected chi connectivity index (χ2v) is 22.3. The molecule has 2 aliphatic rings. The molecule has 1 saturated heterocycles. The molecule has 0 saturated carbocycles. The minimum absolute atomic E-state index is 0.121. The molecule has 6 rings (SSSR count). The van der Waals surface area contributed by atoms with Crippen LogP contribution < -0.4 is 25.4 Å². The summed E-state index contributed by atoms with van der Waals surface area (Å²) in [6.45, 7) is 11.9. The normalized spacial score (nSPS) is 16.9. The van der Waals surface area contributed by atoms with Crippen LogP contribution in [0.1, 0.15) is 129 Å². The van der Waals surface area contributed by atoms with Crippen molar-refractivity contribution in [1.82, 2.24) is 25.4 Å². The zero-order chi connectivity index (χ0) is 49.9. The third-order valence-corrected chi connectivity index (χ3v) is 14.7. The van der Waals surface area contributed by atoms with Crippen LogP contribution in [-0.4, -0.2) is 115 Å². The number of hydrogen-bond donors (Lipinski definition) is 4. The van der Waals surface area contributed by atoms with Gasteiger partial charge in [0, 0.05) is 38.0 Å². The number of unbranched alkanes of at least 4 members (excludes halogenated alkanes) is 7. The number of nitrogens with zero attached hydrogens (tertiary/aromatic N) is 3. The summed E-state index contributed by atoms with van der Waals surface area (Å²) in [4.78, 5) is 63.4. The number of aliphatic hydroxyl groups excluding tert-OH is 1. The van der Waals surface area contributed by atoms with Crippen LogP contribution in [0.3, 0.4) is 0 Å². The van der Waals surface area contributed by atoms with Crippen molar-refractivity contribution >= 4 is 50.5 Å². The number of aromatic nitrogens is 1. The summed E-state index contributed by atoms with van der Waals surface area (Å²) < 4.78 is 36.4. The molecule has 1 fully saturated rings. The van der Waals surface area contributed by atoms with E-state index < -0.39 is 57.0 Å². The fourth-order valence-electron chi connectivity index (χ4n) is 9.18. The van der Waals surface area contributed by atoms with Crippen molar-refractivity contribution in [3.63, 3.8) is 0 Å². The van der Waals surface area contributed by atoms with Gasteiger partial charge >= 0.3 is 0 Å². The standard InChI is InChI=1S/C52H70N6O9S2/c1-8-67-44-28-37(24-25-43(44)66-6)42(32-69(7,64)65)58-49(61)39-18-17-19-40(45(39)50(58)62)53-26-15-13-11-9-10-12-14-16-27-54-47(52(3,4)5)51(63)57-31-38(59)29-41(57)48(60)55-30-35-20-22-36(23-21-35)46-34(2)56-33-68-46/h17-25,28,33,38,41-42,47,53-54,59H,8-16,26-27,29-32H2,1-7H3,(H,55,60)/t38-,41+,42-,47-/m1/s1. The van der Waals surface area contributed by atoms with Crippen molar-refractivity contribution in [3.8, 4) is 21.9 Å². The van der Waals surface area contributed by atoms with Crippen LogP contribution in [0.15, 0.2) is 66.2 Å². The highest BCUT2D eigenvalue weighted by molar-refractivity contribution is 7.90. The highest BCUT2D eigenvalue weighted by atomic mass is 32.2. The fourth-order valence-corrected chi connectivity index (χ4v) is 10.9. The van der Waals surface area contributed by atoms with Gasteiger partial charge in [0.2, 0.25) is 11.8 Å². The van der Waals surface area contributed by atoms with Gasteiger partial charge in [-0.3, -0.25) is 24.1 Å². The number of hydrogen-bond acceptors (Lipinski definition) is 13. The third-order valence-electron chi connectivity index (χ3n) is 12.8. The van der Waals surface area contributed by atoms with Gasteiger partial charge in [-0.15, -0.1) is 11.3 Å². The van der Waals surface area contributed by atoms with E-state index in [1.807, 2.05) is 64.4 Å². The maximum Gasteiger partial charge on any atom is 0.264 e. The molecule has 2 aliphatic heterocycles. The lowest BCUT2D eigenvalue weighted by Gasteiger charge is -2.35. The lowest BCUT2D eigenvalue weighted by atomic mass is 9.85. The van der Waals surface area contributed by atoms with E-state index in [0.717, 1.165) is 84.2 Å². The zero-order valence-electron chi connectivity index (χ0n) is 41.1. The van der Waals surface area contributed by atoms with E-state index >= 15 is 0 Å². The Labute approximate surface area is 411 Å². The number of rotatable bonds is 25. The molecule has 15 nitrogen and oxygen atoms in total. The first kappa shape index (κ1) is 53.0. The lowest BCUT2D eigenvalue weighted by Crippen LogP contribution is -2.56. The molecule has 0 spiro atoms. The molecule has 0 radical (unpaired) electrons. The number of carbonyl (C=O) groups excluding carboxylic acids is 4. The van der Waals surface area contributed by atoms with Crippen LogP contribution in [0.5, 0.6) is 11.5 Å². The van der Waals surface area contributed by atoms with Gasteiger partial charge in [-0.2, -0.15) is 0 Å². The average molecular weight is 987 g/mol. The molecule has 0 unspecified atom stereocenters. The van der Waals surface area contributed by atoms with Crippen molar-refractivity contribution in [2.75, 3.05) is 50.7 Å². The quantitative estimate of drug-likeness (QED) is 0.0373. The Morgan fingerprint density at radius 3 is 2.23 bits per heavy atom. The number of nitrogens with one attached hydrogen (secondary N) is 3. The predicted molar refractivity (Wildman–Crippen MR) is 270 cm³/mol. The molecule has 1 aromatic heterocycles. The number of ether oxygens (including phenoxy) is 2. The third kappa shape index (κ3) is 13.7. The summed E-state index contributed by atoms with van der Waals surface area (Å²) in [5.41, 5.74) is 5.88. The Bertz CT molecular complexity index is 2520. The first-order chi connectivity index (χ1) is 32.9. The van der Waals surface area contributed by atoms with Crippen molar-refractivity contribution < 1.29 is 42.2 Å². The Kier molecular flexibility index (Phi) is 18.4. The van der Waals surface area contributed by atoms with Crippen molar-refractivity contribution in [2.45, 2.75) is 123 Å². The Balaban J connectivity index is 0.905. The number of anilines is 1. The van der Waals surface area contributed by atoms with E-state index in [1.54, 1.807) is 52.6 Å². The van der Waals surface area contributed by atoms with Crippen molar-refractivity contribution in [3.05, 3.63) is 94.1 Å². The molecule has 374 valence electrons. The minimum Gasteiger partial charge on any atom is -0.493 e. The average Bonchev–Trinajstić information content (AvgIpc) is 4.00. The van der Waals surface area contributed by atoms with Gasteiger partial charge in [-0.05, 0) is 79.6 Å². The largest absolute Gasteiger partial charge is 0.493 e.